The zero-order valence-corrected chi connectivity index (χ0v) is 19.5. The van der Waals surface area contributed by atoms with Crippen LogP contribution in [0.1, 0.15) is 35.6 Å². The van der Waals surface area contributed by atoms with Gasteiger partial charge in [0.15, 0.2) is 5.65 Å². The predicted molar refractivity (Wildman–Crippen MR) is 123 cm³/mol. The van der Waals surface area contributed by atoms with Crippen molar-refractivity contribution in [2.24, 2.45) is 5.73 Å². The third kappa shape index (κ3) is 3.24. The summed E-state index contributed by atoms with van der Waals surface area (Å²) in [7, 11) is 1.63. The van der Waals surface area contributed by atoms with E-state index < -0.39 is 6.03 Å². The Morgan fingerprint density at radius 2 is 2.00 bits per heavy atom. The first-order valence-electron chi connectivity index (χ1n) is 10.6. The molecule has 0 atom stereocenters. The van der Waals surface area contributed by atoms with E-state index >= 15 is 0 Å². The number of carbonyl (C=O) groups is 2. The van der Waals surface area contributed by atoms with E-state index in [2.05, 4.69) is 10.1 Å². The topological polar surface area (TPSA) is 119 Å². The molecule has 3 amide bonds. The van der Waals surface area contributed by atoms with Crippen LogP contribution in [0.4, 0.5) is 10.5 Å². The van der Waals surface area contributed by atoms with E-state index in [0.29, 0.717) is 36.5 Å². The van der Waals surface area contributed by atoms with Gasteiger partial charge in [0.1, 0.15) is 5.69 Å². The Kier molecular flexibility index (Phi) is 4.84. The number of carbonyl (C=O) groups excluding carboxylic acids is 2. The first kappa shape index (κ1) is 21.6. The number of imidazole rings is 1. The highest BCUT2D eigenvalue weighted by Crippen LogP contribution is 2.43. The highest BCUT2D eigenvalue weighted by Gasteiger charge is 2.41. The summed E-state index contributed by atoms with van der Waals surface area (Å²) < 4.78 is 6.96. The number of ether oxygens (including phenoxy) is 1. The van der Waals surface area contributed by atoms with E-state index in [9.17, 15) is 9.59 Å². The van der Waals surface area contributed by atoms with Crippen LogP contribution in [0, 0.1) is 6.92 Å². The number of aryl methyl sites for hydroxylation is 1. The van der Waals surface area contributed by atoms with Crippen LogP contribution < -0.4 is 10.6 Å². The van der Waals surface area contributed by atoms with Crippen molar-refractivity contribution in [2.75, 3.05) is 31.6 Å². The largest absolute Gasteiger partial charge is 0.378 e. The van der Waals surface area contributed by atoms with Gasteiger partial charge in [-0.25, -0.2) is 19.3 Å². The molecule has 10 nitrogen and oxygen atoms in total. The number of rotatable bonds is 3. The van der Waals surface area contributed by atoms with Crippen LogP contribution >= 0.6 is 11.6 Å². The van der Waals surface area contributed by atoms with Crippen molar-refractivity contribution in [1.82, 2.24) is 24.5 Å². The van der Waals surface area contributed by atoms with Crippen LogP contribution in [-0.4, -0.2) is 69.3 Å². The van der Waals surface area contributed by atoms with Crippen LogP contribution in [0.2, 0.25) is 5.02 Å². The Morgan fingerprint density at radius 1 is 1.27 bits per heavy atom. The second kappa shape index (κ2) is 7.39. The molecule has 0 radical (unpaired) electrons. The number of primary amides is 1. The Labute approximate surface area is 195 Å². The number of methoxy groups -OCH3 is 1. The summed E-state index contributed by atoms with van der Waals surface area (Å²) in [5.74, 6) is -0.223. The first-order chi connectivity index (χ1) is 15.6. The Hall–Kier alpha value is -3.24. The number of aromatic nitrogens is 4. The summed E-state index contributed by atoms with van der Waals surface area (Å²) in [6.45, 7) is 7.46. The minimum Gasteiger partial charge on any atom is -0.378 e. The fourth-order valence-electron chi connectivity index (χ4n) is 4.65. The average Bonchev–Trinajstić information content (AvgIpc) is 3.19. The molecule has 0 aliphatic carbocycles. The van der Waals surface area contributed by atoms with Gasteiger partial charge in [0.05, 0.1) is 34.4 Å². The van der Waals surface area contributed by atoms with Crippen LogP contribution in [0.25, 0.3) is 16.9 Å². The van der Waals surface area contributed by atoms with Crippen molar-refractivity contribution >= 4 is 34.9 Å². The zero-order valence-electron chi connectivity index (χ0n) is 18.8. The van der Waals surface area contributed by atoms with E-state index in [4.69, 9.17) is 27.1 Å². The second-order valence-electron chi connectivity index (χ2n) is 9.12. The quantitative estimate of drug-likeness (QED) is 0.629. The van der Waals surface area contributed by atoms with Crippen molar-refractivity contribution in [2.45, 2.75) is 32.3 Å². The van der Waals surface area contributed by atoms with Crippen molar-refractivity contribution < 1.29 is 14.3 Å². The molecule has 2 aliphatic heterocycles. The second-order valence-corrected chi connectivity index (χ2v) is 9.52. The summed E-state index contributed by atoms with van der Waals surface area (Å²) in [6.07, 6.45) is 3.30. The van der Waals surface area contributed by atoms with Crippen LogP contribution in [-0.2, 0) is 10.2 Å². The lowest BCUT2D eigenvalue weighted by Gasteiger charge is -2.37. The zero-order chi connectivity index (χ0) is 23.7. The maximum atomic E-state index is 12.7. The number of amides is 3. The number of anilines is 1. The van der Waals surface area contributed by atoms with Crippen LogP contribution in [0.3, 0.4) is 0 Å². The molecule has 0 bridgehead atoms. The number of pyridine rings is 1. The molecule has 3 aromatic heterocycles. The number of fused-ring (bicyclic) bond motifs is 3. The van der Waals surface area contributed by atoms with Crippen molar-refractivity contribution in [3.8, 4) is 11.3 Å². The van der Waals surface area contributed by atoms with Crippen LogP contribution in [0.5, 0.6) is 0 Å². The molecular weight excluding hydrogens is 446 g/mol. The monoisotopic (exact) mass is 469 g/mol. The Balaban J connectivity index is 1.56. The van der Waals surface area contributed by atoms with E-state index in [1.165, 1.54) is 4.90 Å². The van der Waals surface area contributed by atoms with Gasteiger partial charge in [-0.1, -0.05) is 25.4 Å². The molecule has 2 N–H and O–H groups in total. The summed E-state index contributed by atoms with van der Waals surface area (Å²) in [4.78, 5) is 37.0. The number of nitrogens with two attached hydrogens (primary N) is 1. The van der Waals surface area contributed by atoms with Gasteiger partial charge >= 0.3 is 6.03 Å². The number of hydrogen-bond acceptors (Lipinski definition) is 6. The number of halogens is 1. The molecular formula is C22H24ClN7O3. The number of nitrogens with zero attached hydrogens (tertiary/aromatic N) is 6. The molecule has 0 aromatic carbocycles. The van der Waals surface area contributed by atoms with Crippen molar-refractivity contribution in [1.29, 1.82) is 0 Å². The van der Waals surface area contributed by atoms with Gasteiger partial charge < -0.3 is 15.4 Å². The normalized spacial score (nSPS) is 17.4. The Bertz CT molecular complexity index is 1310. The third-order valence-corrected chi connectivity index (χ3v) is 6.66. The van der Waals surface area contributed by atoms with Gasteiger partial charge in [-0.15, -0.1) is 0 Å². The third-order valence-electron chi connectivity index (χ3n) is 6.38. The molecule has 0 saturated carbocycles. The average molecular weight is 470 g/mol. The molecule has 0 unspecified atom stereocenters. The van der Waals surface area contributed by atoms with Crippen LogP contribution in [0.15, 0.2) is 18.5 Å². The lowest BCUT2D eigenvalue weighted by Crippen LogP contribution is -2.54. The fraction of sp³-hybridized carbons (Fsp3) is 0.409. The van der Waals surface area contributed by atoms with Gasteiger partial charge in [0, 0.05) is 49.5 Å². The van der Waals surface area contributed by atoms with E-state index in [-0.39, 0.29) is 28.1 Å². The molecule has 2 aliphatic rings. The molecule has 1 saturated heterocycles. The summed E-state index contributed by atoms with van der Waals surface area (Å²) in [5.41, 5.74) is 9.79. The minimum atomic E-state index is -0.522. The van der Waals surface area contributed by atoms with E-state index in [1.54, 1.807) is 35.0 Å². The number of hydrogen-bond donors (Lipinski definition) is 1. The van der Waals surface area contributed by atoms with Gasteiger partial charge in [-0.2, -0.15) is 5.10 Å². The number of urea groups is 1. The van der Waals surface area contributed by atoms with Gasteiger partial charge in [0.25, 0.3) is 5.91 Å². The maximum Gasteiger partial charge on any atom is 0.319 e. The molecule has 33 heavy (non-hydrogen) atoms. The highest BCUT2D eigenvalue weighted by molar-refractivity contribution is 6.33. The summed E-state index contributed by atoms with van der Waals surface area (Å²) in [6, 6.07) is 1.19. The van der Waals surface area contributed by atoms with E-state index in [1.807, 2.05) is 20.8 Å². The summed E-state index contributed by atoms with van der Waals surface area (Å²) in [5, 5.41) is 4.81. The van der Waals surface area contributed by atoms with Gasteiger partial charge in [0.2, 0.25) is 0 Å². The molecule has 11 heteroatoms. The van der Waals surface area contributed by atoms with E-state index in [0.717, 1.165) is 17.0 Å². The van der Waals surface area contributed by atoms with Crippen molar-refractivity contribution in [3.63, 3.8) is 0 Å². The van der Waals surface area contributed by atoms with Gasteiger partial charge in [-0.3, -0.25) is 9.69 Å². The van der Waals surface area contributed by atoms with Crippen molar-refractivity contribution in [3.05, 3.63) is 40.4 Å². The molecule has 5 heterocycles. The molecule has 3 aromatic rings. The Morgan fingerprint density at radius 3 is 2.64 bits per heavy atom. The van der Waals surface area contributed by atoms with Gasteiger partial charge in [-0.05, 0) is 13.0 Å². The molecule has 0 spiro atoms. The molecule has 1 fully saturated rings. The fourth-order valence-corrected chi connectivity index (χ4v) is 4.90. The molecule has 5 rings (SSSR count). The highest BCUT2D eigenvalue weighted by atomic mass is 35.5. The lowest BCUT2D eigenvalue weighted by molar-refractivity contribution is -0.0194. The molecule has 172 valence electrons. The number of likely N-dealkylation sites (tertiary alicyclic amines) is 1. The standard InChI is InChI=1S/C22H24ClN7O3/c1-11-18(12-5-14(23)17(25-6-12)20(31)28-8-13(9-28)33-4)30-19(27-11)16-15(7-26-30)29(21(24)32)10-22(16,2)3/h5-7,13H,8-10H2,1-4H3,(H2,24,32). The minimum absolute atomic E-state index is 0.0512. The SMILES string of the molecule is COC1CN(C(=O)c2ncc(-c3c(C)nc4c5c(cnn34)N(C(N)=O)CC5(C)C)cc2Cl)C1. The lowest BCUT2D eigenvalue weighted by atomic mass is 9.88. The maximum absolute atomic E-state index is 12.7. The smallest absolute Gasteiger partial charge is 0.319 e. The first-order valence-corrected chi connectivity index (χ1v) is 10.9. The summed E-state index contributed by atoms with van der Waals surface area (Å²) >= 11 is 6.48. The predicted octanol–water partition coefficient (Wildman–Crippen LogP) is 2.40.